The highest BCUT2D eigenvalue weighted by Gasteiger charge is 2.28. The van der Waals surface area contributed by atoms with Crippen LogP contribution in [-0.2, 0) is 11.0 Å². The summed E-state index contributed by atoms with van der Waals surface area (Å²) in [6.45, 7) is 10.5. The third-order valence-corrected chi connectivity index (χ3v) is 2.27. The first kappa shape index (κ1) is 13.0. The van der Waals surface area contributed by atoms with Gasteiger partial charge in [-0.2, -0.15) is 0 Å². The average Bonchev–Trinajstić information content (AvgIpc) is 2.05. The maximum atomic E-state index is 13.8. The smallest absolute Gasteiger partial charge is 0.168 e. The minimum Gasteiger partial charge on any atom is -0.384 e. The molecule has 0 radical (unpaired) electrons. The molecule has 1 heterocycles. The van der Waals surface area contributed by atoms with Crippen LogP contribution >= 0.6 is 0 Å². The Hall–Kier alpha value is -1.03. The quantitative estimate of drug-likeness (QED) is 0.800. The van der Waals surface area contributed by atoms with Crippen LogP contribution < -0.4 is 0 Å². The van der Waals surface area contributed by atoms with Gasteiger partial charge in [0, 0.05) is 5.41 Å². The molecule has 0 aliphatic rings. The Balaban J connectivity index is 3.46. The number of nitrogens with zero attached hydrogens (tertiary/aromatic N) is 2. The Morgan fingerprint density at radius 1 is 1.06 bits per heavy atom. The summed E-state index contributed by atoms with van der Waals surface area (Å²) >= 11 is 0. The van der Waals surface area contributed by atoms with Gasteiger partial charge in [-0.1, -0.05) is 20.8 Å². The summed E-state index contributed by atoms with van der Waals surface area (Å²) in [4.78, 5) is 8.26. The Kier molecular flexibility index (Phi) is 3.07. The first-order valence-corrected chi connectivity index (χ1v) is 5.31. The standard InChI is InChI=1S/C12H19FN2O/c1-7-8(13)9(12(5,6)16)15-10(14-7)11(2,3)4/h16H,1-6H3. The van der Waals surface area contributed by atoms with Gasteiger partial charge in [0.1, 0.15) is 17.1 Å². The fraction of sp³-hybridized carbons (Fsp3) is 0.667. The van der Waals surface area contributed by atoms with Gasteiger partial charge in [-0.3, -0.25) is 0 Å². The Morgan fingerprint density at radius 3 is 1.94 bits per heavy atom. The van der Waals surface area contributed by atoms with E-state index in [1.807, 2.05) is 20.8 Å². The lowest BCUT2D eigenvalue weighted by Crippen LogP contribution is -2.26. The van der Waals surface area contributed by atoms with E-state index in [2.05, 4.69) is 9.97 Å². The van der Waals surface area contributed by atoms with E-state index in [-0.39, 0.29) is 16.8 Å². The van der Waals surface area contributed by atoms with Crippen LogP contribution in [0.25, 0.3) is 0 Å². The van der Waals surface area contributed by atoms with Crippen LogP contribution in [0, 0.1) is 12.7 Å². The van der Waals surface area contributed by atoms with E-state index in [9.17, 15) is 9.50 Å². The van der Waals surface area contributed by atoms with Crippen LogP contribution in [0.2, 0.25) is 0 Å². The summed E-state index contributed by atoms with van der Waals surface area (Å²) in [6.07, 6.45) is 0. The van der Waals surface area contributed by atoms with Gasteiger partial charge in [-0.25, -0.2) is 14.4 Å². The predicted octanol–water partition coefficient (Wildman–Crippen LogP) is 2.45. The molecule has 16 heavy (non-hydrogen) atoms. The van der Waals surface area contributed by atoms with Crippen LogP contribution in [0.5, 0.6) is 0 Å². The second-order valence-electron chi connectivity index (χ2n) is 5.60. The molecule has 90 valence electrons. The van der Waals surface area contributed by atoms with Crippen molar-refractivity contribution in [2.45, 2.75) is 52.6 Å². The van der Waals surface area contributed by atoms with E-state index >= 15 is 0 Å². The van der Waals surface area contributed by atoms with Gasteiger partial charge in [0.2, 0.25) is 0 Å². The molecular weight excluding hydrogens is 207 g/mol. The minimum atomic E-state index is -1.29. The molecule has 0 bridgehead atoms. The van der Waals surface area contributed by atoms with Gasteiger partial charge in [0.15, 0.2) is 5.82 Å². The molecule has 0 atom stereocenters. The highest BCUT2D eigenvalue weighted by molar-refractivity contribution is 5.20. The number of rotatable bonds is 1. The van der Waals surface area contributed by atoms with Crippen molar-refractivity contribution in [3.8, 4) is 0 Å². The second-order valence-corrected chi connectivity index (χ2v) is 5.60. The number of hydrogen-bond donors (Lipinski definition) is 1. The van der Waals surface area contributed by atoms with Crippen LogP contribution in [0.3, 0.4) is 0 Å². The summed E-state index contributed by atoms with van der Waals surface area (Å²) in [5.41, 5.74) is -1.22. The molecule has 0 aliphatic heterocycles. The largest absolute Gasteiger partial charge is 0.384 e. The molecule has 1 aromatic heterocycles. The molecule has 0 unspecified atom stereocenters. The van der Waals surface area contributed by atoms with Gasteiger partial charge < -0.3 is 5.11 Å². The molecule has 0 amide bonds. The number of aliphatic hydroxyl groups is 1. The zero-order chi connectivity index (χ0) is 12.7. The third-order valence-electron chi connectivity index (χ3n) is 2.27. The van der Waals surface area contributed by atoms with Crippen molar-refractivity contribution in [3.63, 3.8) is 0 Å². The molecule has 0 saturated carbocycles. The van der Waals surface area contributed by atoms with E-state index in [1.165, 1.54) is 13.8 Å². The molecule has 0 fully saturated rings. The summed E-state index contributed by atoms with van der Waals surface area (Å²) in [6, 6.07) is 0. The van der Waals surface area contributed by atoms with E-state index < -0.39 is 11.4 Å². The molecule has 3 nitrogen and oxygen atoms in total. The molecule has 4 heteroatoms. The Bertz CT molecular complexity index is 403. The molecule has 1 aromatic rings. The van der Waals surface area contributed by atoms with Crippen molar-refractivity contribution in [2.24, 2.45) is 0 Å². The van der Waals surface area contributed by atoms with Crippen molar-refractivity contribution >= 4 is 0 Å². The average molecular weight is 226 g/mol. The number of aromatic nitrogens is 2. The van der Waals surface area contributed by atoms with Gasteiger partial charge in [-0.15, -0.1) is 0 Å². The van der Waals surface area contributed by atoms with E-state index in [4.69, 9.17) is 0 Å². The molecular formula is C12H19FN2O. The minimum absolute atomic E-state index is 0.0601. The van der Waals surface area contributed by atoms with E-state index in [0.29, 0.717) is 5.82 Å². The molecule has 0 aliphatic carbocycles. The van der Waals surface area contributed by atoms with Crippen LogP contribution in [0.15, 0.2) is 0 Å². The van der Waals surface area contributed by atoms with E-state index in [0.717, 1.165) is 0 Å². The Morgan fingerprint density at radius 2 is 1.56 bits per heavy atom. The number of halogens is 1. The topological polar surface area (TPSA) is 46.0 Å². The molecule has 0 saturated heterocycles. The van der Waals surface area contributed by atoms with Gasteiger partial charge in [-0.05, 0) is 20.8 Å². The lowest BCUT2D eigenvalue weighted by molar-refractivity contribution is 0.0684. The monoisotopic (exact) mass is 226 g/mol. The van der Waals surface area contributed by atoms with Crippen molar-refractivity contribution in [3.05, 3.63) is 23.0 Å². The summed E-state index contributed by atoms with van der Waals surface area (Å²) in [5.74, 6) is 0.0176. The third kappa shape index (κ3) is 2.55. The van der Waals surface area contributed by atoms with Crippen molar-refractivity contribution in [2.75, 3.05) is 0 Å². The van der Waals surface area contributed by atoms with Crippen LogP contribution in [0.4, 0.5) is 4.39 Å². The van der Waals surface area contributed by atoms with E-state index in [1.54, 1.807) is 6.92 Å². The normalized spacial score (nSPS) is 13.0. The van der Waals surface area contributed by atoms with Crippen LogP contribution in [0.1, 0.15) is 51.8 Å². The lowest BCUT2D eigenvalue weighted by atomic mass is 9.94. The first-order valence-electron chi connectivity index (χ1n) is 5.31. The van der Waals surface area contributed by atoms with Gasteiger partial charge >= 0.3 is 0 Å². The summed E-state index contributed by atoms with van der Waals surface area (Å²) in [7, 11) is 0. The maximum absolute atomic E-state index is 13.8. The van der Waals surface area contributed by atoms with Gasteiger partial charge in [0.05, 0.1) is 5.69 Å². The predicted molar refractivity (Wildman–Crippen MR) is 60.7 cm³/mol. The van der Waals surface area contributed by atoms with Crippen molar-refractivity contribution in [1.82, 2.24) is 9.97 Å². The number of hydrogen-bond acceptors (Lipinski definition) is 3. The SMILES string of the molecule is Cc1nc(C(C)(C)C)nc(C(C)(C)O)c1F. The highest BCUT2D eigenvalue weighted by atomic mass is 19.1. The molecule has 0 aromatic carbocycles. The zero-order valence-electron chi connectivity index (χ0n) is 10.7. The first-order chi connectivity index (χ1) is 7.03. The fourth-order valence-corrected chi connectivity index (χ4v) is 1.30. The Labute approximate surface area is 95.8 Å². The molecule has 1 N–H and O–H groups in total. The maximum Gasteiger partial charge on any atom is 0.168 e. The molecule has 1 rings (SSSR count). The van der Waals surface area contributed by atoms with Crippen molar-refractivity contribution in [1.29, 1.82) is 0 Å². The van der Waals surface area contributed by atoms with Gasteiger partial charge in [0.25, 0.3) is 0 Å². The second kappa shape index (κ2) is 3.77. The fourth-order valence-electron chi connectivity index (χ4n) is 1.30. The molecule has 0 spiro atoms. The van der Waals surface area contributed by atoms with Crippen molar-refractivity contribution < 1.29 is 9.50 Å². The van der Waals surface area contributed by atoms with Crippen LogP contribution in [-0.4, -0.2) is 15.1 Å². The summed E-state index contributed by atoms with van der Waals surface area (Å²) in [5, 5.41) is 9.85. The number of aryl methyl sites for hydroxylation is 1. The lowest BCUT2D eigenvalue weighted by Gasteiger charge is -2.23. The highest BCUT2D eigenvalue weighted by Crippen LogP contribution is 2.26. The summed E-state index contributed by atoms with van der Waals surface area (Å²) < 4.78 is 13.8. The zero-order valence-corrected chi connectivity index (χ0v) is 10.7.